The van der Waals surface area contributed by atoms with Gasteiger partial charge in [0.1, 0.15) is 0 Å². The second-order valence-corrected chi connectivity index (χ2v) is 7.07. The number of anilines is 1. The highest BCUT2D eigenvalue weighted by molar-refractivity contribution is 6.10. The molecule has 29 heavy (non-hydrogen) atoms. The molecule has 0 spiro atoms. The molecule has 0 fully saturated rings. The number of carbonyl (C=O) groups excluding carboxylic acids is 2. The number of amides is 2. The Hall–Kier alpha value is -3.60. The number of nitrogens with one attached hydrogen (secondary N) is 1. The van der Waals surface area contributed by atoms with Crippen LogP contribution in [0.2, 0.25) is 0 Å². The number of nitrogens with zero attached hydrogens (tertiary/aromatic N) is 2. The topological polar surface area (TPSA) is 54.3 Å². The zero-order chi connectivity index (χ0) is 20.4. The highest BCUT2D eigenvalue weighted by atomic mass is 16.2. The summed E-state index contributed by atoms with van der Waals surface area (Å²) in [7, 11) is 1.63. The molecular formula is C24H23N3O2. The van der Waals surface area contributed by atoms with Gasteiger partial charge in [-0.25, -0.2) is 0 Å². The van der Waals surface area contributed by atoms with E-state index < -0.39 is 0 Å². The lowest BCUT2D eigenvalue weighted by atomic mass is 10.1. The Morgan fingerprint density at radius 2 is 1.59 bits per heavy atom. The Balaban J connectivity index is 1.54. The molecule has 0 saturated carbocycles. The van der Waals surface area contributed by atoms with Crippen molar-refractivity contribution in [3.63, 3.8) is 0 Å². The van der Waals surface area contributed by atoms with Crippen molar-refractivity contribution in [3.05, 3.63) is 78.4 Å². The summed E-state index contributed by atoms with van der Waals surface area (Å²) in [6, 6.07) is 23.2. The van der Waals surface area contributed by atoms with Crippen molar-refractivity contribution in [3.8, 4) is 0 Å². The first-order valence-corrected chi connectivity index (χ1v) is 9.70. The molecule has 0 aliphatic heterocycles. The van der Waals surface area contributed by atoms with Crippen LogP contribution in [0.15, 0.2) is 72.8 Å². The molecule has 0 radical (unpaired) electrons. The van der Waals surface area contributed by atoms with Gasteiger partial charge in [0.2, 0.25) is 5.91 Å². The molecule has 0 aliphatic carbocycles. The van der Waals surface area contributed by atoms with E-state index in [1.165, 1.54) is 10.4 Å². The zero-order valence-corrected chi connectivity index (χ0v) is 16.6. The van der Waals surface area contributed by atoms with Gasteiger partial charge in [0.25, 0.3) is 5.91 Å². The first-order valence-electron chi connectivity index (χ1n) is 9.70. The van der Waals surface area contributed by atoms with Crippen LogP contribution in [0.25, 0.3) is 21.8 Å². The standard InChI is InChI=1S/C24H23N3O2/c1-3-27-21-12-8-7-11-19(21)20-15-18(13-14-22(20)27)25-23(28)16-26(2)24(29)17-9-5-4-6-10-17/h4-15H,3,16H2,1-2H3,(H,25,28). The fraction of sp³-hybridized carbons (Fsp3) is 0.167. The number of likely N-dealkylation sites (N-methyl/N-ethyl adjacent to an activating group) is 1. The summed E-state index contributed by atoms with van der Waals surface area (Å²) in [6.45, 7) is 2.99. The van der Waals surface area contributed by atoms with Crippen molar-refractivity contribution in [1.29, 1.82) is 0 Å². The largest absolute Gasteiger partial charge is 0.341 e. The van der Waals surface area contributed by atoms with Gasteiger partial charge in [0, 0.05) is 46.6 Å². The smallest absolute Gasteiger partial charge is 0.254 e. The number of para-hydroxylation sites is 1. The fourth-order valence-electron chi connectivity index (χ4n) is 3.76. The van der Waals surface area contributed by atoms with E-state index in [-0.39, 0.29) is 18.4 Å². The molecule has 1 aromatic heterocycles. The minimum atomic E-state index is -0.227. The van der Waals surface area contributed by atoms with Gasteiger partial charge in [-0.05, 0) is 43.3 Å². The van der Waals surface area contributed by atoms with E-state index in [9.17, 15) is 9.59 Å². The molecule has 2 amide bonds. The third-order valence-corrected chi connectivity index (χ3v) is 5.12. The Morgan fingerprint density at radius 3 is 2.34 bits per heavy atom. The lowest BCUT2D eigenvalue weighted by Gasteiger charge is -2.17. The van der Waals surface area contributed by atoms with Crippen molar-refractivity contribution >= 4 is 39.3 Å². The number of hydrogen-bond acceptors (Lipinski definition) is 2. The number of aromatic nitrogens is 1. The molecule has 1 N–H and O–H groups in total. The molecule has 0 atom stereocenters. The molecule has 0 aliphatic rings. The minimum Gasteiger partial charge on any atom is -0.341 e. The molecule has 0 unspecified atom stereocenters. The van der Waals surface area contributed by atoms with E-state index in [0.29, 0.717) is 5.56 Å². The third-order valence-electron chi connectivity index (χ3n) is 5.12. The van der Waals surface area contributed by atoms with Crippen molar-refractivity contribution in [2.45, 2.75) is 13.5 Å². The summed E-state index contributed by atoms with van der Waals surface area (Å²) in [5, 5.41) is 5.19. The Morgan fingerprint density at radius 1 is 0.897 bits per heavy atom. The molecule has 146 valence electrons. The number of hydrogen-bond donors (Lipinski definition) is 1. The molecule has 5 heteroatoms. The number of rotatable bonds is 5. The van der Waals surface area contributed by atoms with Crippen LogP contribution in [0, 0.1) is 0 Å². The predicted octanol–water partition coefficient (Wildman–Crippen LogP) is 4.53. The van der Waals surface area contributed by atoms with Gasteiger partial charge in [0.05, 0.1) is 6.54 Å². The summed E-state index contributed by atoms with van der Waals surface area (Å²) in [6.07, 6.45) is 0. The highest BCUT2D eigenvalue weighted by Gasteiger charge is 2.15. The first-order chi connectivity index (χ1) is 14.1. The molecule has 0 bridgehead atoms. The van der Waals surface area contributed by atoms with Crippen LogP contribution >= 0.6 is 0 Å². The van der Waals surface area contributed by atoms with Crippen molar-refractivity contribution in [2.75, 3.05) is 18.9 Å². The first kappa shape index (κ1) is 18.7. The lowest BCUT2D eigenvalue weighted by Crippen LogP contribution is -2.34. The van der Waals surface area contributed by atoms with Crippen LogP contribution in [0.5, 0.6) is 0 Å². The molecule has 4 rings (SSSR count). The number of carbonyl (C=O) groups is 2. The predicted molar refractivity (Wildman–Crippen MR) is 117 cm³/mol. The molecule has 3 aromatic carbocycles. The second kappa shape index (κ2) is 7.80. The van der Waals surface area contributed by atoms with E-state index in [4.69, 9.17) is 0 Å². The second-order valence-electron chi connectivity index (χ2n) is 7.07. The zero-order valence-electron chi connectivity index (χ0n) is 16.6. The highest BCUT2D eigenvalue weighted by Crippen LogP contribution is 2.30. The molecule has 5 nitrogen and oxygen atoms in total. The maximum Gasteiger partial charge on any atom is 0.254 e. The van der Waals surface area contributed by atoms with Gasteiger partial charge < -0.3 is 14.8 Å². The Labute approximate surface area is 169 Å². The van der Waals surface area contributed by atoms with E-state index in [1.807, 2.05) is 48.5 Å². The number of fused-ring (bicyclic) bond motifs is 3. The summed E-state index contributed by atoms with van der Waals surface area (Å²) in [5.74, 6) is -0.405. The van der Waals surface area contributed by atoms with Gasteiger partial charge in [-0.3, -0.25) is 9.59 Å². The number of aryl methyl sites for hydroxylation is 1. The lowest BCUT2D eigenvalue weighted by molar-refractivity contribution is -0.116. The maximum absolute atomic E-state index is 12.5. The summed E-state index contributed by atoms with van der Waals surface area (Å²) >= 11 is 0. The van der Waals surface area contributed by atoms with Gasteiger partial charge in [-0.1, -0.05) is 36.4 Å². The van der Waals surface area contributed by atoms with Crippen LogP contribution < -0.4 is 5.32 Å². The summed E-state index contributed by atoms with van der Waals surface area (Å²) < 4.78 is 2.27. The number of benzene rings is 3. The van der Waals surface area contributed by atoms with Crippen LogP contribution in [-0.4, -0.2) is 34.9 Å². The van der Waals surface area contributed by atoms with Crippen molar-refractivity contribution in [1.82, 2.24) is 9.47 Å². The molecule has 1 heterocycles. The molecule has 4 aromatic rings. The summed E-state index contributed by atoms with van der Waals surface area (Å²) in [5.41, 5.74) is 3.61. The van der Waals surface area contributed by atoms with Crippen LogP contribution in [0.1, 0.15) is 17.3 Å². The Kier molecular flexibility index (Phi) is 5.04. The van der Waals surface area contributed by atoms with Gasteiger partial charge in [-0.2, -0.15) is 0 Å². The van der Waals surface area contributed by atoms with Gasteiger partial charge in [-0.15, -0.1) is 0 Å². The normalized spacial score (nSPS) is 11.0. The van der Waals surface area contributed by atoms with Gasteiger partial charge in [0.15, 0.2) is 0 Å². The molecule has 0 saturated heterocycles. The van der Waals surface area contributed by atoms with Crippen LogP contribution in [0.3, 0.4) is 0 Å². The van der Waals surface area contributed by atoms with Crippen LogP contribution in [-0.2, 0) is 11.3 Å². The average molecular weight is 385 g/mol. The van der Waals surface area contributed by atoms with E-state index in [2.05, 4.69) is 28.9 Å². The Bertz CT molecular complexity index is 1190. The quantitative estimate of drug-likeness (QED) is 0.549. The van der Waals surface area contributed by atoms with E-state index in [1.54, 1.807) is 19.2 Å². The van der Waals surface area contributed by atoms with Crippen molar-refractivity contribution in [2.24, 2.45) is 0 Å². The SMILES string of the molecule is CCn1c2ccccc2c2cc(NC(=O)CN(C)C(=O)c3ccccc3)ccc21. The maximum atomic E-state index is 12.5. The van der Waals surface area contributed by atoms with E-state index >= 15 is 0 Å². The van der Waals surface area contributed by atoms with Gasteiger partial charge >= 0.3 is 0 Å². The third kappa shape index (κ3) is 3.59. The average Bonchev–Trinajstić information content (AvgIpc) is 3.06. The monoisotopic (exact) mass is 385 g/mol. The van der Waals surface area contributed by atoms with E-state index in [0.717, 1.165) is 28.5 Å². The van der Waals surface area contributed by atoms with Crippen molar-refractivity contribution < 1.29 is 9.59 Å². The van der Waals surface area contributed by atoms with Crippen LogP contribution in [0.4, 0.5) is 5.69 Å². The molecular weight excluding hydrogens is 362 g/mol. The fourth-order valence-corrected chi connectivity index (χ4v) is 3.76. The summed E-state index contributed by atoms with van der Waals surface area (Å²) in [4.78, 5) is 26.4. The minimum absolute atomic E-state index is 0.0114.